The molecule has 1 atom stereocenters. The van der Waals surface area contributed by atoms with E-state index in [0.717, 1.165) is 5.56 Å². The maximum atomic E-state index is 12.1. The van der Waals surface area contributed by atoms with Crippen molar-refractivity contribution < 1.29 is 9.59 Å². The number of aromatic amines is 1. The molecule has 7 heteroatoms. The monoisotopic (exact) mass is 271 g/mol. The van der Waals surface area contributed by atoms with Crippen LogP contribution in [-0.2, 0) is 11.2 Å². The summed E-state index contributed by atoms with van der Waals surface area (Å²) in [6, 6.07) is 4.92. The molecule has 2 aromatic rings. The molecule has 0 spiro atoms. The highest BCUT2D eigenvalue weighted by atomic mass is 16.2. The minimum Gasteiger partial charge on any atom is -0.342 e. The second kappa shape index (κ2) is 4.76. The van der Waals surface area contributed by atoms with Crippen LogP contribution in [0.4, 0.5) is 5.69 Å². The van der Waals surface area contributed by atoms with E-state index < -0.39 is 0 Å². The summed E-state index contributed by atoms with van der Waals surface area (Å²) in [5.41, 5.74) is 2.11. The number of benzene rings is 1. The van der Waals surface area contributed by atoms with Gasteiger partial charge in [0, 0.05) is 11.3 Å². The van der Waals surface area contributed by atoms with Crippen LogP contribution < -0.4 is 10.6 Å². The molecule has 1 aliphatic heterocycles. The average Bonchev–Trinajstić information content (AvgIpc) is 3.05. The first-order valence-corrected chi connectivity index (χ1v) is 6.22. The number of fused-ring (bicyclic) bond motifs is 1. The molecule has 0 fully saturated rings. The Bertz CT molecular complexity index is 665. The molecule has 1 aromatic carbocycles. The number of carbonyl (C=O) groups is 2. The zero-order valence-corrected chi connectivity index (χ0v) is 10.8. The van der Waals surface area contributed by atoms with Gasteiger partial charge < -0.3 is 10.6 Å². The lowest BCUT2D eigenvalue weighted by molar-refractivity contribution is -0.115. The third-order valence-corrected chi connectivity index (χ3v) is 3.19. The first-order chi connectivity index (χ1) is 9.63. The molecule has 2 heterocycles. The van der Waals surface area contributed by atoms with Crippen LogP contribution in [0, 0.1) is 0 Å². The Balaban J connectivity index is 1.75. The largest absolute Gasteiger partial charge is 0.342 e. The Hall–Kier alpha value is -2.70. The number of hydrogen-bond acceptors (Lipinski definition) is 4. The maximum Gasteiger partial charge on any atom is 0.251 e. The molecule has 0 saturated carbocycles. The van der Waals surface area contributed by atoms with E-state index in [1.54, 1.807) is 18.2 Å². The first-order valence-electron chi connectivity index (χ1n) is 6.22. The van der Waals surface area contributed by atoms with Gasteiger partial charge in [0.05, 0.1) is 12.5 Å². The van der Waals surface area contributed by atoms with Gasteiger partial charge in [-0.2, -0.15) is 5.10 Å². The topological polar surface area (TPSA) is 99.8 Å². The number of amides is 2. The zero-order valence-electron chi connectivity index (χ0n) is 10.8. The normalized spacial score (nSPS) is 14.6. The highest BCUT2D eigenvalue weighted by molar-refractivity contribution is 6.02. The van der Waals surface area contributed by atoms with Gasteiger partial charge in [0.15, 0.2) is 0 Å². The van der Waals surface area contributed by atoms with Gasteiger partial charge in [0.2, 0.25) is 5.91 Å². The molecule has 0 aliphatic carbocycles. The van der Waals surface area contributed by atoms with Crippen molar-refractivity contribution in [1.29, 1.82) is 0 Å². The molecule has 3 N–H and O–H groups in total. The van der Waals surface area contributed by atoms with Crippen molar-refractivity contribution in [3.63, 3.8) is 0 Å². The molecule has 0 radical (unpaired) electrons. The number of nitrogens with one attached hydrogen (secondary N) is 3. The number of hydrogen-bond donors (Lipinski definition) is 3. The van der Waals surface area contributed by atoms with Gasteiger partial charge in [0.1, 0.15) is 12.2 Å². The summed E-state index contributed by atoms with van der Waals surface area (Å²) in [6.07, 6.45) is 1.76. The van der Waals surface area contributed by atoms with Gasteiger partial charge in [-0.25, -0.2) is 4.98 Å². The predicted molar refractivity (Wildman–Crippen MR) is 71.0 cm³/mol. The zero-order chi connectivity index (χ0) is 14.1. The lowest BCUT2D eigenvalue weighted by atomic mass is 10.1. The van der Waals surface area contributed by atoms with Crippen LogP contribution in [0.25, 0.3) is 0 Å². The molecular weight excluding hydrogens is 258 g/mol. The molecule has 1 aliphatic rings. The standard InChI is InChI=1S/C13H13N5O2/c1-7(12-14-6-15-18-12)16-13(20)9-3-2-8-5-11(19)17-10(8)4-9/h2-4,6-7H,5H2,1H3,(H,16,20)(H,17,19)(H,14,15,18). The Morgan fingerprint density at radius 3 is 3.05 bits per heavy atom. The quantitative estimate of drug-likeness (QED) is 0.768. The summed E-state index contributed by atoms with van der Waals surface area (Å²) in [7, 11) is 0. The van der Waals surface area contributed by atoms with E-state index in [-0.39, 0.29) is 17.9 Å². The van der Waals surface area contributed by atoms with Crippen LogP contribution in [0.3, 0.4) is 0 Å². The second-order valence-corrected chi connectivity index (χ2v) is 4.66. The molecule has 1 aromatic heterocycles. The van der Waals surface area contributed by atoms with Gasteiger partial charge in [0.25, 0.3) is 5.91 Å². The summed E-state index contributed by atoms with van der Waals surface area (Å²) in [5, 5.41) is 12.0. The Morgan fingerprint density at radius 1 is 1.45 bits per heavy atom. The van der Waals surface area contributed by atoms with Crippen molar-refractivity contribution in [3.05, 3.63) is 41.5 Å². The van der Waals surface area contributed by atoms with E-state index in [4.69, 9.17) is 0 Å². The summed E-state index contributed by atoms with van der Waals surface area (Å²) >= 11 is 0. The molecule has 0 bridgehead atoms. The first kappa shape index (κ1) is 12.3. The van der Waals surface area contributed by atoms with Gasteiger partial charge in [-0.05, 0) is 24.6 Å². The Labute approximate surface area is 114 Å². The SMILES string of the molecule is CC(NC(=O)c1ccc2c(c1)NC(=O)C2)c1ncn[nH]1. The molecule has 1 unspecified atom stereocenters. The number of nitrogens with zero attached hydrogens (tertiary/aromatic N) is 2. The summed E-state index contributed by atoms with van der Waals surface area (Å²) in [6.45, 7) is 1.81. The Morgan fingerprint density at radius 2 is 2.30 bits per heavy atom. The highest BCUT2D eigenvalue weighted by Gasteiger charge is 2.20. The minimum atomic E-state index is -0.271. The van der Waals surface area contributed by atoms with Gasteiger partial charge in [-0.3, -0.25) is 14.7 Å². The van der Waals surface area contributed by atoms with Gasteiger partial charge in [-0.15, -0.1) is 0 Å². The number of anilines is 1. The van der Waals surface area contributed by atoms with Crippen molar-refractivity contribution in [2.75, 3.05) is 5.32 Å². The highest BCUT2D eigenvalue weighted by Crippen LogP contribution is 2.24. The maximum absolute atomic E-state index is 12.1. The van der Waals surface area contributed by atoms with E-state index >= 15 is 0 Å². The smallest absolute Gasteiger partial charge is 0.251 e. The van der Waals surface area contributed by atoms with E-state index in [2.05, 4.69) is 25.8 Å². The number of rotatable bonds is 3. The molecule has 20 heavy (non-hydrogen) atoms. The molecule has 0 saturated heterocycles. The number of H-pyrrole nitrogens is 1. The van der Waals surface area contributed by atoms with E-state index in [1.165, 1.54) is 6.33 Å². The third-order valence-electron chi connectivity index (χ3n) is 3.19. The molecule has 2 amide bonds. The number of carbonyl (C=O) groups excluding carboxylic acids is 2. The van der Waals surface area contributed by atoms with Crippen molar-refractivity contribution in [2.24, 2.45) is 0 Å². The Kier molecular flexibility index (Phi) is 2.94. The average molecular weight is 271 g/mol. The molecule has 7 nitrogen and oxygen atoms in total. The van der Waals surface area contributed by atoms with E-state index in [1.807, 2.05) is 6.92 Å². The molecule has 102 valence electrons. The summed E-state index contributed by atoms with van der Waals surface area (Å²) in [4.78, 5) is 27.4. The lowest BCUT2D eigenvalue weighted by Crippen LogP contribution is -2.27. The van der Waals surface area contributed by atoms with Crippen LogP contribution in [0.1, 0.15) is 34.7 Å². The van der Waals surface area contributed by atoms with Gasteiger partial charge >= 0.3 is 0 Å². The third kappa shape index (κ3) is 2.25. The van der Waals surface area contributed by atoms with Gasteiger partial charge in [-0.1, -0.05) is 6.07 Å². The van der Waals surface area contributed by atoms with E-state index in [9.17, 15) is 9.59 Å². The van der Waals surface area contributed by atoms with Crippen molar-refractivity contribution in [2.45, 2.75) is 19.4 Å². The summed E-state index contributed by atoms with van der Waals surface area (Å²) < 4.78 is 0. The predicted octanol–water partition coefficient (Wildman–Crippen LogP) is 0.790. The van der Waals surface area contributed by atoms with Crippen molar-refractivity contribution >= 4 is 17.5 Å². The van der Waals surface area contributed by atoms with Crippen molar-refractivity contribution in [3.8, 4) is 0 Å². The fourth-order valence-electron chi connectivity index (χ4n) is 2.13. The van der Waals surface area contributed by atoms with Crippen LogP contribution >= 0.6 is 0 Å². The fourth-order valence-corrected chi connectivity index (χ4v) is 2.13. The number of aromatic nitrogens is 3. The minimum absolute atomic E-state index is 0.0485. The molecular formula is C13H13N5O2. The van der Waals surface area contributed by atoms with Crippen LogP contribution in [0.5, 0.6) is 0 Å². The molecule has 3 rings (SSSR count). The van der Waals surface area contributed by atoms with Crippen LogP contribution in [0.2, 0.25) is 0 Å². The van der Waals surface area contributed by atoms with Crippen LogP contribution in [-0.4, -0.2) is 27.0 Å². The second-order valence-electron chi connectivity index (χ2n) is 4.66. The fraction of sp³-hybridized carbons (Fsp3) is 0.231. The van der Waals surface area contributed by atoms with Crippen molar-refractivity contribution in [1.82, 2.24) is 20.5 Å². The van der Waals surface area contributed by atoms with Crippen LogP contribution in [0.15, 0.2) is 24.5 Å². The lowest BCUT2D eigenvalue weighted by Gasteiger charge is -2.11. The van der Waals surface area contributed by atoms with E-state index in [0.29, 0.717) is 23.5 Å². The summed E-state index contributed by atoms with van der Waals surface area (Å²) in [5.74, 6) is 0.318.